The highest BCUT2D eigenvalue weighted by atomic mass is 19.1. The Morgan fingerprint density at radius 2 is 1.70 bits per heavy atom. The van der Waals surface area contributed by atoms with E-state index in [0.29, 0.717) is 0 Å². The molecule has 0 aliphatic heterocycles. The molecule has 0 saturated carbocycles. The van der Waals surface area contributed by atoms with Crippen LogP contribution in [0.15, 0.2) is 48.5 Å². The van der Waals surface area contributed by atoms with Crippen LogP contribution in [-0.4, -0.2) is 17.6 Å². The molecule has 2 amide bonds. The third-order valence-electron chi connectivity index (χ3n) is 3.19. The van der Waals surface area contributed by atoms with Gasteiger partial charge in [-0.15, -0.1) is 0 Å². The molecular formula is C20H20F2N2O3. The molecule has 2 aromatic rings. The summed E-state index contributed by atoms with van der Waals surface area (Å²) in [6, 6.07) is 9.45. The number of benzene rings is 2. The second-order valence-corrected chi connectivity index (χ2v) is 6.66. The molecule has 0 unspecified atom stereocenters. The summed E-state index contributed by atoms with van der Waals surface area (Å²) < 4.78 is 32.3. The number of carbonyl (C=O) groups is 2. The highest BCUT2D eigenvalue weighted by Crippen LogP contribution is 2.24. The maximum Gasteiger partial charge on any atom is 0.412 e. The Kier molecular flexibility index (Phi) is 6.28. The summed E-state index contributed by atoms with van der Waals surface area (Å²) >= 11 is 0. The number of anilines is 2. The van der Waals surface area contributed by atoms with Gasteiger partial charge in [-0.05, 0) is 51.1 Å². The van der Waals surface area contributed by atoms with Crippen molar-refractivity contribution in [2.75, 3.05) is 10.6 Å². The van der Waals surface area contributed by atoms with Gasteiger partial charge in [-0.2, -0.15) is 0 Å². The number of halogens is 2. The molecule has 0 heterocycles. The second kappa shape index (κ2) is 8.44. The topological polar surface area (TPSA) is 67.4 Å². The molecule has 0 radical (unpaired) electrons. The smallest absolute Gasteiger partial charge is 0.412 e. The van der Waals surface area contributed by atoms with Crippen LogP contribution in [0.3, 0.4) is 0 Å². The Morgan fingerprint density at radius 1 is 1.00 bits per heavy atom. The van der Waals surface area contributed by atoms with Gasteiger partial charge in [0.15, 0.2) is 0 Å². The van der Waals surface area contributed by atoms with Crippen molar-refractivity contribution in [3.8, 4) is 0 Å². The van der Waals surface area contributed by atoms with E-state index < -0.39 is 29.2 Å². The van der Waals surface area contributed by atoms with Crippen molar-refractivity contribution in [2.45, 2.75) is 26.4 Å². The van der Waals surface area contributed by atoms with Gasteiger partial charge >= 0.3 is 6.09 Å². The maximum absolute atomic E-state index is 13.6. The van der Waals surface area contributed by atoms with Gasteiger partial charge in [0.1, 0.15) is 17.2 Å². The molecule has 7 heteroatoms. The zero-order chi connectivity index (χ0) is 20.0. The molecule has 0 aliphatic rings. The second-order valence-electron chi connectivity index (χ2n) is 6.66. The average Bonchev–Trinajstić information content (AvgIpc) is 2.55. The first kappa shape index (κ1) is 20.1. The van der Waals surface area contributed by atoms with Crippen molar-refractivity contribution in [2.24, 2.45) is 0 Å². The fourth-order valence-corrected chi connectivity index (χ4v) is 2.09. The van der Waals surface area contributed by atoms with Crippen LogP contribution < -0.4 is 10.6 Å². The first-order valence-corrected chi connectivity index (χ1v) is 8.17. The normalized spacial score (nSPS) is 11.3. The highest BCUT2D eigenvalue weighted by molar-refractivity contribution is 6.05. The molecule has 2 N–H and O–H groups in total. The zero-order valence-corrected chi connectivity index (χ0v) is 15.2. The molecule has 0 aliphatic carbocycles. The van der Waals surface area contributed by atoms with Crippen molar-refractivity contribution in [3.63, 3.8) is 0 Å². The summed E-state index contributed by atoms with van der Waals surface area (Å²) in [5.41, 5.74) is -0.267. The Bertz CT molecular complexity index is 874. The third-order valence-corrected chi connectivity index (χ3v) is 3.19. The molecule has 0 saturated heterocycles. The fourth-order valence-electron chi connectivity index (χ4n) is 2.09. The van der Waals surface area contributed by atoms with E-state index in [0.717, 1.165) is 18.2 Å². The number of rotatable bonds is 4. The first-order valence-electron chi connectivity index (χ1n) is 8.17. The first-order chi connectivity index (χ1) is 12.6. The van der Waals surface area contributed by atoms with Crippen LogP contribution in [0.1, 0.15) is 26.3 Å². The Hall–Kier alpha value is -3.22. The molecular weight excluding hydrogens is 354 g/mol. The fraction of sp³-hybridized carbons (Fsp3) is 0.200. The van der Waals surface area contributed by atoms with Gasteiger partial charge in [0, 0.05) is 11.6 Å². The van der Waals surface area contributed by atoms with E-state index in [1.807, 2.05) is 0 Å². The standard InChI is InChI=1S/C20H20F2N2O3/c1-20(2,3)27-19(26)24-16-10-9-14(21)12-17(16)23-18(25)11-8-13-6-4-5-7-15(13)22/h4-12H,1-3H3,(H,23,25)(H,24,26)/b11-8+. The lowest BCUT2D eigenvalue weighted by atomic mass is 10.2. The molecule has 5 nitrogen and oxygen atoms in total. The monoisotopic (exact) mass is 374 g/mol. The largest absolute Gasteiger partial charge is 0.444 e. The molecule has 2 aromatic carbocycles. The van der Waals surface area contributed by atoms with E-state index in [9.17, 15) is 18.4 Å². The van der Waals surface area contributed by atoms with Gasteiger partial charge in [-0.25, -0.2) is 13.6 Å². The summed E-state index contributed by atoms with van der Waals surface area (Å²) in [7, 11) is 0. The molecule has 0 aromatic heterocycles. The lowest BCUT2D eigenvalue weighted by Gasteiger charge is -2.20. The molecule has 0 bridgehead atoms. The van der Waals surface area contributed by atoms with Gasteiger partial charge in [-0.1, -0.05) is 18.2 Å². The van der Waals surface area contributed by atoms with E-state index >= 15 is 0 Å². The van der Waals surface area contributed by atoms with E-state index in [-0.39, 0.29) is 16.9 Å². The van der Waals surface area contributed by atoms with Crippen molar-refractivity contribution >= 4 is 29.5 Å². The minimum Gasteiger partial charge on any atom is -0.444 e. The lowest BCUT2D eigenvalue weighted by molar-refractivity contribution is -0.111. The number of amides is 2. The lowest BCUT2D eigenvalue weighted by Crippen LogP contribution is -2.27. The number of ether oxygens (including phenoxy) is 1. The van der Waals surface area contributed by atoms with Crippen LogP contribution in [0.2, 0.25) is 0 Å². The highest BCUT2D eigenvalue weighted by Gasteiger charge is 2.17. The van der Waals surface area contributed by atoms with E-state index in [4.69, 9.17) is 4.74 Å². The molecule has 142 valence electrons. The van der Waals surface area contributed by atoms with Crippen LogP contribution in [0.5, 0.6) is 0 Å². The van der Waals surface area contributed by atoms with Crippen molar-refractivity contribution in [3.05, 3.63) is 65.7 Å². The van der Waals surface area contributed by atoms with Crippen LogP contribution in [0, 0.1) is 11.6 Å². The van der Waals surface area contributed by atoms with E-state index in [2.05, 4.69) is 10.6 Å². The minimum absolute atomic E-state index is 0.0454. The van der Waals surface area contributed by atoms with E-state index in [1.54, 1.807) is 26.8 Å². The van der Waals surface area contributed by atoms with Crippen LogP contribution >= 0.6 is 0 Å². The van der Waals surface area contributed by atoms with Crippen LogP contribution in [-0.2, 0) is 9.53 Å². The van der Waals surface area contributed by atoms with E-state index in [1.165, 1.54) is 30.3 Å². The third kappa shape index (κ3) is 6.54. The molecule has 0 spiro atoms. The molecule has 0 atom stereocenters. The number of hydrogen-bond acceptors (Lipinski definition) is 3. The quantitative estimate of drug-likeness (QED) is 0.743. The van der Waals surface area contributed by atoms with Crippen LogP contribution in [0.25, 0.3) is 6.08 Å². The van der Waals surface area contributed by atoms with Gasteiger partial charge in [-0.3, -0.25) is 10.1 Å². The Labute approximate surface area is 156 Å². The predicted molar refractivity (Wildman–Crippen MR) is 100 cm³/mol. The predicted octanol–water partition coefficient (Wildman–Crippen LogP) is 4.96. The number of nitrogens with one attached hydrogen (secondary N) is 2. The Balaban J connectivity index is 2.13. The maximum atomic E-state index is 13.6. The van der Waals surface area contributed by atoms with Gasteiger partial charge in [0.05, 0.1) is 11.4 Å². The van der Waals surface area contributed by atoms with Crippen molar-refractivity contribution < 1.29 is 23.1 Å². The van der Waals surface area contributed by atoms with Crippen LogP contribution in [0.4, 0.5) is 25.0 Å². The summed E-state index contributed by atoms with van der Waals surface area (Å²) in [6.45, 7) is 5.11. The summed E-state index contributed by atoms with van der Waals surface area (Å²) in [5, 5.41) is 4.91. The van der Waals surface area contributed by atoms with Crippen molar-refractivity contribution in [1.82, 2.24) is 0 Å². The molecule has 2 rings (SSSR count). The number of carbonyl (C=O) groups excluding carboxylic acids is 2. The molecule has 0 fully saturated rings. The zero-order valence-electron chi connectivity index (χ0n) is 15.2. The molecule has 27 heavy (non-hydrogen) atoms. The summed E-state index contributed by atoms with van der Waals surface area (Å²) in [5.74, 6) is -1.69. The Morgan fingerprint density at radius 3 is 2.37 bits per heavy atom. The van der Waals surface area contributed by atoms with Gasteiger partial charge < -0.3 is 10.1 Å². The minimum atomic E-state index is -0.744. The average molecular weight is 374 g/mol. The van der Waals surface area contributed by atoms with Crippen molar-refractivity contribution in [1.29, 1.82) is 0 Å². The van der Waals surface area contributed by atoms with Gasteiger partial charge in [0.25, 0.3) is 0 Å². The summed E-state index contributed by atoms with van der Waals surface area (Å²) in [6.07, 6.45) is 1.66. The summed E-state index contributed by atoms with van der Waals surface area (Å²) in [4.78, 5) is 24.0. The SMILES string of the molecule is CC(C)(C)OC(=O)Nc1ccc(F)cc1NC(=O)/C=C/c1ccccc1F. The van der Waals surface area contributed by atoms with Gasteiger partial charge in [0.2, 0.25) is 5.91 Å². The number of hydrogen-bond donors (Lipinski definition) is 2.